The van der Waals surface area contributed by atoms with Gasteiger partial charge >= 0.3 is 0 Å². The maximum Gasteiger partial charge on any atom is 0.250 e. The third kappa shape index (κ3) is 5.73. The van der Waals surface area contributed by atoms with E-state index in [1.165, 1.54) is 23.5 Å². The van der Waals surface area contributed by atoms with Crippen molar-refractivity contribution in [3.05, 3.63) is 59.7 Å². The summed E-state index contributed by atoms with van der Waals surface area (Å²) in [5.41, 5.74) is 5.34. The minimum atomic E-state index is -0.265. The van der Waals surface area contributed by atoms with Gasteiger partial charge in [0.25, 0.3) is 5.91 Å². The van der Waals surface area contributed by atoms with E-state index >= 15 is 0 Å². The van der Waals surface area contributed by atoms with Gasteiger partial charge in [-0.3, -0.25) is 4.79 Å². The fraction of sp³-hybridized carbons (Fsp3) is 0.304. The van der Waals surface area contributed by atoms with E-state index < -0.39 is 0 Å². The minimum Gasteiger partial charge on any atom is -0.507 e. The number of benzene rings is 2. The molecule has 0 radical (unpaired) electrons. The summed E-state index contributed by atoms with van der Waals surface area (Å²) in [6.45, 7) is 9.27. The topological polar surface area (TPSA) is 92.4 Å². The maximum absolute atomic E-state index is 12.1. The number of hydrogen-bond acceptors (Lipinski definition) is 6. The van der Waals surface area contributed by atoms with Crippen molar-refractivity contribution in [1.82, 2.24) is 20.2 Å². The first-order chi connectivity index (χ1) is 14.8. The number of phenols is 1. The Morgan fingerprint density at radius 1 is 1.16 bits per heavy atom. The Bertz CT molecular complexity index is 1070. The van der Waals surface area contributed by atoms with Gasteiger partial charge in [-0.1, -0.05) is 68.9 Å². The van der Waals surface area contributed by atoms with Crippen molar-refractivity contribution in [3.8, 4) is 17.1 Å². The number of carbonyl (C=O) groups excluding carboxylic acids is 1. The van der Waals surface area contributed by atoms with Crippen LogP contribution >= 0.6 is 11.8 Å². The molecule has 162 valence electrons. The predicted octanol–water partition coefficient (Wildman–Crippen LogP) is 4.21. The molecule has 1 heterocycles. The van der Waals surface area contributed by atoms with E-state index in [1.807, 2.05) is 11.5 Å². The van der Waals surface area contributed by atoms with Gasteiger partial charge in [0.1, 0.15) is 5.75 Å². The lowest BCUT2D eigenvalue weighted by atomic mass is 9.87. The zero-order valence-corrected chi connectivity index (χ0v) is 19.0. The highest BCUT2D eigenvalue weighted by Crippen LogP contribution is 2.27. The first-order valence-electron chi connectivity index (χ1n) is 10.1. The fourth-order valence-electron chi connectivity index (χ4n) is 2.95. The molecule has 0 saturated carbocycles. The number of para-hydroxylation sites is 1. The quantitative estimate of drug-likeness (QED) is 0.328. The molecule has 1 aromatic heterocycles. The van der Waals surface area contributed by atoms with Crippen LogP contribution in [0.25, 0.3) is 11.4 Å². The third-order valence-corrected chi connectivity index (χ3v) is 5.67. The Labute approximate surface area is 186 Å². The highest BCUT2D eigenvalue weighted by atomic mass is 32.2. The van der Waals surface area contributed by atoms with E-state index in [2.05, 4.69) is 65.8 Å². The van der Waals surface area contributed by atoms with Gasteiger partial charge in [0.05, 0.1) is 12.0 Å². The zero-order valence-electron chi connectivity index (χ0n) is 18.2. The largest absolute Gasteiger partial charge is 0.507 e. The summed E-state index contributed by atoms with van der Waals surface area (Å²) in [6.07, 6.45) is 1.41. The van der Waals surface area contributed by atoms with Crippen molar-refractivity contribution in [1.29, 1.82) is 0 Å². The summed E-state index contributed by atoms with van der Waals surface area (Å²) in [5, 5.41) is 22.9. The molecule has 3 rings (SSSR count). The van der Waals surface area contributed by atoms with Gasteiger partial charge in [-0.15, -0.1) is 10.2 Å². The molecule has 0 spiro atoms. The molecule has 0 saturated heterocycles. The molecule has 8 heteroatoms. The standard InChI is InChI=1S/C23H27N5O2S/c1-5-28-21(16-10-12-18(13-11-16)23(2,3)4)26-27-22(28)31-15-20(30)25-24-14-17-8-6-7-9-19(17)29/h6-14,29H,5,15H2,1-4H3,(H,25,30)/b24-14-. The van der Waals surface area contributed by atoms with Crippen molar-refractivity contribution in [2.45, 2.75) is 44.8 Å². The van der Waals surface area contributed by atoms with Crippen molar-refractivity contribution in [3.63, 3.8) is 0 Å². The number of nitrogens with one attached hydrogen (secondary N) is 1. The smallest absolute Gasteiger partial charge is 0.250 e. The Hall–Kier alpha value is -3.13. The number of phenolic OH excluding ortho intramolecular Hbond substituents is 1. The fourth-order valence-corrected chi connectivity index (χ4v) is 3.74. The molecule has 3 aromatic rings. The summed E-state index contributed by atoms with van der Waals surface area (Å²) < 4.78 is 2.00. The average Bonchev–Trinajstić information content (AvgIpc) is 3.16. The highest BCUT2D eigenvalue weighted by molar-refractivity contribution is 7.99. The Balaban J connectivity index is 1.63. The highest BCUT2D eigenvalue weighted by Gasteiger charge is 2.17. The molecule has 0 aliphatic heterocycles. The summed E-state index contributed by atoms with van der Waals surface area (Å²) in [6, 6.07) is 15.1. The van der Waals surface area contributed by atoms with Crippen molar-refractivity contribution in [2.24, 2.45) is 5.10 Å². The monoisotopic (exact) mass is 437 g/mol. The summed E-state index contributed by atoms with van der Waals surface area (Å²) in [5.74, 6) is 0.773. The predicted molar refractivity (Wildman–Crippen MR) is 124 cm³/mol. The second-order valence-electron chi connectivity index (χ2n) is 8.02. The van der Waals surface area contributed by atoms with Crippen LogP contribution in [0.2, 0.25) is 0 Å². The summed E-state index contributed by atoms with van der Waals surface area (Å²) >= 11 is 1.31. The van der Waals surface area contributed by atoms with Crippen LogP contribution in [-0.2, 0) is 16.8 Å². The molecule has 0 unspecified atom stereocenters. The number of aromatic nitrogens is 3. The minimum absolute atomic E-state index is 0.0903. The van der Waals surface area contributed by atoms with Crippen LogP contribution in [0.5, 0.6) is 5.75 Å². The van der Waals surface area contributed by atoms with Crippen LogP contribution in [0.4, 0.5) is 0 Å². The zero-order chi connectivity index (χ0) is 22.4. The van der Waals surface area contributed by atoms with Crippen LogP contribution in [-0.4, -0.2) is 37.7 Å². The van der Waals surface area contributed by atoms with E-state index in [9.17, 15) is 9.90 Å². The van der Waals surface area contributed by atoms with Crippen LogP contribution in [0, 0.1) is 0 Å². The number of amides is 1. The maximum atomic E-state index is 12.1. The molecule has 0 atom stereocenters. The second kappa shape index (κ2) is 9.78. The molecular formula is C23H27N5O2S. The number of rotatable bonds is 7. The van der Waals surface area contributed by atoms with E-state index in [-0.39, 0.29) is 22.8 Å². The first-order valence-corrected chi connectivity index (χ1v) is 11.0. The normalized spacial score (nSPS) is 11.7. The molecule has 7 nitrogen and oxygen atoms in total. The summed E-state index contributed by atoms with van der Waals surface area (Å²) in [7, 11) is 0. The van der Waals surface area contributed by atoms with Crippen molar-refractivity contribution >= 4 is 23.9 Å². The molecule has 31 heavy (non-hydrogen) atoms. The molecule has 0 fully saturated rings. The third-order valence-electron chi connectivity index (χ3n) is 4.70. The lowest BCUT2D eigenvalue weighted by Crippen LogP contribution is -2.20. The van der Waals surface area contributed by atoms with Gasteiger partial charge in [0.15, 0.2) is 11.0 Å². The van der Waals surface area contributed by atoms with Gasteiger partial charge in [-0.05, 0) is 30.0 Å². The SMILES string of the molecule is CCn1c(SCC(=O)N/N=C\c2ccccc2O)nnc1-c1ccc(C(C)(C)C)cc1. The number of thioether (sulfide) groups is 1. The van der Waals surface area contributed by atoms with Crippen molar-refractivity contribution < 1.29 is 9.90 Å². The second-order valence-corrected chi connectivity index (χ2v) is 8.96. The average molecular weight is 438 g/mol. The lowest BCUT2D eigenvalue weighted by Gasteiger charge is -2.19. The van der Waals surface area contributed by atoms with Crippen molar-refractivity contribution in [2.75, 3.05) is 5.75 Å². The number of aromatic hydroxyl groups is 1. The number of carbonyl (C=O) groups is 1. The number of hydrazone groups is 1. The number of hydrogen-bond donors (Lipinski definition) is 2. The molecule has 0 aliphatic rings. The molecule has 0 bridgehead atoms. The molecular weight excluding hydrogens is 410 g/mol. The van der Waals surface area contributed by atoms with Crippen LogP contribution in [0.3, 0.4) is 0 Å². The summed E-state index contributed by atoms with van der Waals surface area (Å²) in [4.78, 5) is 12.1. The molecule has 2 aromatic carbocycles. The lowest BCUT2D eigenvalue weighted by molar-refractivity contribution is -0.118. The Morgan fingerprint density at radius 2 is 1.87 bits per heavy atom. The van der Waals surface area contributed by atoms with E-state index in [4.69, 9.17) is 0 Å². The van der Waals surface area contributed by atoms with Crippen LogP contribution in [0.15, 0.2) is 58.8 Å². The van der Waals surface area contributed by atoms with E-state index in [0.717, 1.165) is 11.4 Å². The van der Waals surface area contributed by atoms with Gasteiger partial charge < -0.3 is 9.67 Å². The van der Waals surface area contributed by atoms with Crippen LogP contribution in [0.1, 0.15) is 38.8 Å². The first kappa shape index (κ1) is 22.6. The Morgan fingerprint density at radius 3 is 2.52 bits per heavy atom. The van der Waals surface area contributed by atoms with Gasteiger partial charge in [-0.2, -0.15) is 5.10 Å². The van der Waals surface area contributed by atoms with E-state index in [0.29, 0.717) is 17.3 Å². The molecule has 2 N–H and O–H groups in total. The Kier molecular flexibility index (Phi) is 7.12. The van der Waals surface area contributed by atoms with Crippen LogP contribution < -0.4 is 5.43 Å². The van der Waals surface area contributed by atoms with Gasteiger partial charge in [0.2, 0.25) is 0 Å². The molecule has 1 amide bonds. The molecule has 0 aliphatic carbocycles. The number of nitrogens with zero attached hydrogens (tertiary/aromatic N) is 4. The van der Waals surface area contributed by atoms with E-state index in [1.54, 1.807) is 24.3 Å². The van der Waals surface area contributed by atoms with Gasteiger partial charge in [-0.25, -0.2) is 5.43 Å². The van der Waals surface area contributed by atoms with Gasteiger partial charge in [0, 0.05) is 17.7 Å².